The SMILES string of the molecule is CCC(C(N)=O)n1cccc(NC(=O)C2CCCC2)c1=O. The van der Waals surface area contributed by atoms with E-state index >= 15 is 0 Å². The van der Waals surface area contributed by atoms with Gasteiger partial charge < -0.3 is 15.6 Å². The topological polar surface area (TPSA) is 94.2 Å². The molecule has 3 N–H and O–H groups in total. The lowest BCUT2D eigenvalue weighted by Gasteiger charge is -2.16. The molecule has 1 aliphatic carbocycles. The lowest BCUT2D eigenvalue weighted by Crippen LogP contribution is -2.35. The van der Waals surface area contributed by atoms with E-state index in [4.69, 9.17) is 5.73 Å². The van der Waals surface area contributed by atoms with Crippen molar-refractivity contribution in [3.63, 3.8) is 0 Å². The quantitative estimate of drug-likeness (QED) is 0.858. The van der Waals surface area contributed by atoms with E-state index in [0.29, 0.717) is 6.42 Å². The fourth-order valence-corrected chi connectivity index (χ4v) is 2.81. The molecule has 1 atom stereocenters. The van der Waals surface area contributed by atoms with Crippen LogP contribution < -0.4 is 16.6 Å². The van der Waals surface area contributed by atoms with Crippen LogP contribution in [0.5, 0.6) is 0 Å². The number of hydrogen-bond donors (Lipinski definition) is 2. The average Bonchev–Trinajstić information content (AvgIpc) is 2.97. The Morgan fingerprint density at radius 3 is 2.67 bits per heavy atom. The van der Waals surface area contributed by atoms with E-state index in [1.165, 1.54) is 10.8 Å². The van der Waals surface area contributed by atoms with Gasteiger partial charge in [-0.25, -0.2) is 0 Å². The Balaban J connectivity index is 2.23. The number of rotatable bonds is 5. The highest BCUT2D eigenvalue weighted by Gasteiger charge is 2.24. The van der Waals surface area contributed by atoms with E-state index in [-0.39, 0.29) is 17.5 Å². The zero-order chi connectivity index (χ0) is 15.4. The maximum atomic E-state index is 12.4. The largest absolute Gasteiger partial charge is 0.368 e. The van der Waals surface area contributed by atoms with Crippen molar-refractivity contribution in [1.82, 2.24) is 4.57 Å². The molecule has 0 aliphatic heterocycles. The molecule has 1 aliphatic rings. The van der Waals surface area contributed by atoms with Crippen molar-refractivity contribution < 1.29 is 9.59 Å². The molecule has 6 heteroatoms. The fraction of sp³-hybridized carbons (Fsp3) is 0.533. The van der Waals surface area contributed by atoms with Gasteiger partial charge in [0.2, 0.25) is 11.8 Å². The molecule has 2 rings (SSSR count). The van der Waals surface area contributed by atoms with E-state index in [0.717, 1.165) is 25.7 Å². The number of carbonyl (C=O) groups excluding carboxylic acids is 2. The molecule has 0 bridgehead atoms. The lowest BCUT2D eigenvalue weighted by molar-refractivity contribution is -0.121. The highest BCUT2D eigenvalue weighted by molar-refractivity contribution is 5.92. The molecule has 2 amide bonds. The molecule has 114 valence electrons. The summed E-state index contributed by atoms with van der Waals surface area (Å²) in [7, 11) is 0. The van der Waals surface area contributed by atoms with Crippen LogP contribution in [0.15, 0.2) is 23.1 Å². The summed E-state index contributed by atoms with van der Waals surface area (Å²) in [6, 6.07) is 2.50. The Labute approximate surface area is 123 Å². The third kappa shape index (κ3) is 3.32. The maximum absolute atomic E-state index is 12.4. The molecule has 1 fully saturated rings. The number of pyridine rings is 1. The van der Waals surface area contributed by atoms with E-state index in [1.54, 1.807) is 19.1 Å². The number of aromatic nitrogens is 1. The van der Waals surface area contributed by atoms with E-state index in [1.807, 2.05) is 0 Å². The lowest BCUT2D eigenvalue weighted by atomic mass is 10.1. The third-order valence-electron chi connectivity index (χ3n) is 4.01. The number of nitrogens with one attached hydrogen (secondary N) is 1. The monoisotopic (exact) mass is 291 g/mol. The van der Waals surface area contributed by atoms with Crippen LogP contribution >= 0.6 is 0 Å². The second-order valence-electron chi connectivity index (χ2n) is 5.43. The average molecular weight is 291 g/mol. The molecule has 21 heavy (non-hydrogen) atoms. The molecule has 0 spiro atoms. The number of primary amides is 1. The number of amides is 2. The smallest absolute Gasteiger partial charge is 0.275 e. The van der Waals surface area contributed by atoms with Crippen LogP contribution in [0.2, 0.25) is 0 Å². The number of carbonyl (C=O) groups is 2. The summed E-state index contributed by atoms with van der Waals surface area (Å²) < 4.78 is 1.28. The van der Waals surface area contributed by atoms with Gasteiger partial charge in [0.1, 0.15) is 11.7 Å². The highest BCUT2D eigenvalue weighted by atomic mass is 16.2. The minimum Gasteiger partial charge on any atom is -0.368 e. The van der Waals surface area contributed by atoms with Gasteiger partial charge in [-0.2, -0.15) is 0 Å². The van der Waals surface area contributed by atoms with Crippen LogP contribution in [0.1, 0.15) is 45.1 Å². The van der Waals surface area contributed by atoms with Crippen LogP contribution in [0.3, 0.4) is 0 Å². The summed E-state index contributed by atoms with van der Waals surface area (Å²) in [4.78, 5) is 35.9. The minimum absolute atomic E-state index is 0.0174. The van der Waals surface area contributed by atoms with Crippen molar-refractivity contribution in [3.05, 3.63) is 28.7 Å². The first-order valence-corrected chi connectivity index (χ1v) is 7.36. The Morgan fingerprint density at radius 1 is 1.43 bits per heavy atom. The normalized spacial score (nSPS) is 16.6. The van der Waals surface area contributed by atoms with Gasteiger partial charge in [0.15, 0.2) is 0 Å². The molecule has 6 nitrogen and oxygen atoms in total. The van der Waals surface area contributed by atoms with Gasteiger partial charge in [0, 0.05) is 12.1 Å². The summed E-state index contributed by atoms with van der Waals surface area (Å²) in [5.41, 5.74) is 5.12. The van der Waals surface area contributed by atoms with E-state index in [9.17, 15) is 14.4 Å². The minimum atomic E-state index is -0.694. The fourth-order valence-electron chi connectivity index (χ4n) is 2.81. The molecular formula is C15H21N3O3. The summed E-state index contributed by atoms with van der Waals surface area (Å²) in [6.45, 7) is 1.78. The zero-order valence-electron chi connectivity index (χ0n) is 12.2. The van der Waals surface area contributed by atoms with Crippen molar-refractivity contribution in [2.75, 3.05) is 5.32 Å². The van der Waals surface area contributed by atoms with Gasteiger partial charge in [-0.05, 0) is 31.4 Å². The van der Waals surface area contributed by atoms with Gasteiger partial charge in [-0.1, -0.05) is 19.8 Å². The van der Waals surface area contributed by atoms with Crippen molar-refractivity contribution in [2.45, 2.75) is 45.1 Å². The number of nitrogens with two attached hydrogens (primary N) is 1. The first-order chi connectivity index (χ1) is 10.0. The van der Waals surface area contributed by atoms with Gasteiger partial charge in [0.05, 0.1) is 0 Å². The molecule has 0 radical (unpaired) electrons. The Bertz CT molecular complexity index is 588. The molecule has 1 aromatic heterocycles. The van der Waals surface area contributed by atoms with Crippen LogP contribution in [0.4, 0.5) is 5.69 Å². The molecule has 1 heterocycles. The van der Waals surface area contributed by atoms with Gasteiger partial charge in [-0.15, -0.1) is 0 Å². The first-order valence-electron chi connectivity index (χ1n) is 7.36. The van der Waals surface area contributed by atoms with Crippen molar-refractivity contribution in [2.24, 2.45) is 11.7 Å². The van der Waals surface area contributed by atoms with Crippen LogP contribution in [-0.2, 0) is 9.59 Å². The second-order valence-corrected chi connectivity index (χ2v) is 5.43. The summed E-state index contributed by atoms with van der Waals surface area (Å²) >= 11 is 0. The molecular weight excluding hydrogens is 270 g/mol. The predicted molar refractivity (Wildman–Crippen MR) is 79.8 cm³/mol. The number of anilines is 1. The van der Waals surface area contributed by atoms with Gasteiger partial charge >= 0.3 is 0 Å². The molecule has 1 saturated carbocycles. The Hall–Kier alpha value is -2.11. The Morgan fingerprint density at radius 2 is 2.10 bits per heavy atom. The zero-order valence-corrected chi connectivity index (χ0v) is 12.2. The predicted octanol–water partition coefficient (Wildman–Crippen LogP) is 1.41. The van der Waals surface area contributed by atoms with Crippen molar-refractivity contribution in [1.29, 1.82) is 0 Å². The highest BCUT2D eigenvalue weighted by Crippen LogP contribution is 2.25. The van der Waals surface area contributed by atoms with Crippen LogP contribution in [-0.4, -0.2) is 16.4 Å². The third-order valence-corrected chi connectivity index (χ3v) is 4.01. The first kappa shape index (κ1) is 15.3. The van der Waals surface area contributed by atoms with E-state index in [2.05, 4.69) is 5.32 Å². The van der Waals surface area contributed by atoms with Crippen LogP contribution in [0, 0.1) is 5.92 Å². The van der Waals surface area contributed by atoms with Crippen LogP contribution in [0.25, 0.3) is 0 Å². The Kier molecular flexibility index (Phi) is 4.77. The molecule has 1 aromatic rings. The number of nitrogens with zero attached hydrogens (tertiary/aromatic N) is 1. The standard InChI is InChI=1S/C15H21N3O3/c1-2-12(13(16)19)18-9-5-8-11(15(18)21)17-14(20)10-6-3-4-7-10/h5,8-10,12H,2-4,6-7H2,1H3,(H2,16,19)(H,17,20). The molecule has 0 saturated heterocycles. The van der Waals surface area contributed by atoms with Crippen molar-refractivity contribution >= 4 is 17.5 Å². The summed E-state index contributed by atoms with van der Waals surface area (Å²) in [5.74, 6) is -0.690. The summed E-state index contributed by atoms with van der Waals surface area (Å²) in [6.07, 6.45) is 5.78. The molecule has 0 aromatic carbocycles. The maximum Gasteiger partial charge on any atom is 0.275 e. The molecule has 1 unspecified atom stereocenters. The second kappa shape index (κ2) is 6.56. The summed E-state index contributed by atoms with van der Waals surface area (Å²) in [5, 5.41) is 2.69. The van der Waals surface area contributed by atoms with E-state index < -0.39 is 17.5 Å². The van der Waals surface area contributed by atoms with Gasteiger partial charge in [0.25, 0.3) is 5.56 Å². The van der Waals surface area contributed by atoms with Gasteiger partial charge in [-0.3, -0.25) is 14.4 Å². The number of hydrogen-bond acceptors (Lipinski definition) is 3. The van der Waals surface area contributed by atoms with Crippen molar-refractivity contribution in [3.8, 4) is 0 Å².